The van der Waals surface area contributed by atoms with Gasteiger partial charge in [-0.1, -0.05) is 20.8 Å². The molecule has 4 heteroatoms. The molecule has 5 saturated heterocycles. The average Bonchev–Trinajstić information content (AvgIpc) is 2.97. The lowest BCUT2D eigenvalue weighted by Crippen LogP contribution is -2.59. The SMILES string of the molecule is CC1CCC(=O)OC2CCC3(C)C(C2)CC(O)C2C3CCC3(C)C1CCC23.O. The van der Waals surface area contributed by atoms with Crippen molar-refractivity contribution in [1.82, 2.24) is 0 Å². The van der Waals surface area contributed by atoms with Gasteiger partial charge in [0.1, 0.15) is 6.10 Å². The van der Waals surface area contributed by atoms with E-state index >= 15 is 0 Å². The standard InChI is InChI=1S/C24H38O3.H2O/c1-14-4-7-21(26)27-16-8-10-23(2)15(12-16)13-20(25)22-18-6-5-17(14)24(18,3)11-9-19(22)23;/h14-20,22,25H,4-13H2,1-3H3;1H2. The van der Waals surface area contributed by atoms with Gasteiger partial charge in [-0.05, 0) is 104 Å². The van der Waals surface area contributed by atoms with Gasteiger partial charge in [-0.15, -0.1) is 0 Å². The van der Waals surface area contributed by atoms with Gasteiger partial charge in [0, 0.05) is 6.42 Å². The van der Waals surface area contributed by atoms with E-state index in [4.69, 9.17) is 4.74 Å². The van der Waals surface area contributed by atoms with E-state index in [1.54, 1.807) is 0 Å². The number of aliphatic hydroxyl groups is 1. The largest absolute Gasteiger partial charge is 0.462 e. The summed E-state index contributed by atoms with van der Waals surface area (Å²) in [6.45, 7) is 7.41. The predicted octanol–water partition coefficient (Wildman–Crippen LogP) is 4.13. The van der Waals surface area contributed by atoms with E-state index in [0.717, 1.165) is 25.7 Å². The van der Waals surface area contributed by atoms with E-state index in [1.807, 2.05) is 0 Å². The summed E-state index contributed by atoms with van der Waals surface area (Å²) in [6.07, 6.45) is 10.8. The molecule has 4 saturated carbocycles. The topological polar surface area (TPSA) is 78.0 Å². The maximum atomic E-state index is 12.5. The summed E-state index contributed by atoms with van der Waals surface area (Å²) < 4.78 is 5.92. The fourth-order valence-corrected chi connectivity index (χ4v) is 9.06. The molecule has 0 radical (unpaired) electrons. The molecule has 5 heterocycles. The molecule has 10 unspecified atom stereocenters. The van der Waals surface area contributed by atoms with Crippen molar-refractivity contribution >= 4 is 5.97 Å². The monoisotopic (exact) mass is 392 g/mol. The van der Waals surface area contributed by atoms with Crippen molar-refractivity contribution in [2.75, 3.05) is 0 Å². The molecule has 28 heavy (non-hydrogen) atoms. The van der Waals surface area contributed by atoms with Crippen LogP contribution in [0.2, 0.25) is 0 Å². The number of carbonyl (C=O) groups is 1. The maximum absolute atomic E-state index is 12.5. The zero-order chi connectivity index (χ0) is 19.0. The predicted molar refractivity (Wildman–Crippen MR) is 108 cm³/mol. The Kier molecular flexibility index (Phi) is 5.14. The van der Waals surface area contributed by atoms with Gasteiger partial charge < -0.3 is 15.3 Å². The molecule has 0 spiro atoms. The summed E-state index contributed by atoms with van der Waals surface area (Å²) in [5.41, 5.74) is 0.692. The number of esters is 1. The Morgan fingerprint density at radius 1 is 0.929 bits per heavy atom. The highest BCUT2D eigenvalue weighted by molar-refractivity contribution is 5.69. The van der Waals surface area contributed by atoms with Crippen LogP contribution in [0, 0.1) is 46.3 Å². The van der Waals surface area contributed by atoms with Crippen molar-refractivity contribution in [3.05, 3.63) is 0 Å². The summed E-state index contributed by atoms with van der Waals surface area (Å²) in [4.78, 5) is 12.5. The van der Waals surface area contributed by atoms with E-state index < -0.39 is 0 Å². The number of rotatable bonds is 0. The number of carbonyl (C=O) groups excluding carboxylic acids is 1. The minimum Gasteiger partial charge on any atom is -0.462 e. The Bertz CT molecular complexity index is 620. The number of aliphatic hydroxyl groups excluding tert-OH is 1. The van der Waals surface area contributed by atoms with Crippen molar-refractivity contribution in [3.8, 4) is 0 Å². The highest BCUT2D eigenvalue weighted by atomic mass is 16.5. The van der Waals surface area contributed by atoms with Crippen LogP contribution in [0.3, 0.4) is 0 Å². The molecule has 0 amide bonds. The van der Waals surface area contributed by atoms with Gasteiger partial charge in [0.25, 0.3) is 0 Å². The Labute approximate surface area is 170 Å². The lowest BCUT2D eigenvalue weighted by atomic mass is 9.43. The normalized spacial score (nSPS) is 55.5. The number of hydrogen-bond acceptors (Lipinski definition) is 3. The molecule has 9 fully saturated rings. The molecule has 0 aromatic carbocycles. The molecular formula is C24H40O4. The van der Waals surface area contributed by atoms with Crippen LogP contribution < -0.4 is 0 Å². The number of hydrogen-bond donors (Lipinski definition) is 1. The molecule has 4 nitrogen and oxygen atoms in total. The highest BCUT2D eigenvalue weighted by Gasteiger charge is 2.63. The third kappa shape index (κ3) is 2.80. The molecule has 160 valence electrons. The average molecular weight is 393 g/mol. The summed E-state index contributed by atoms with van der Waals surface area (Å²) in [7, 11) is 0. The van der Waals surface area contributed by atoms with Crippen LogP contribution in [0.15, 0.2) is 0 Å². The van der Waals surface area contributed by atoms with Gasteiger partial charge in [-0.3, -0.25) is 4.79 Å². The molecule has 9 aliphatic rings. The van der Waals surface area contributed by atoms with Gasteiger partial charge in [-0.2, -0.15) is 0 Å². The smallest absolute Gasteiger partial charge is 0.306 e. The molecule has 4 aliphatic carbocycles. The summed E-state index contributed by atoms with van der Waals surface area (Å²) >= 11 is 0. The Balaban J connectivity index is 0.00000192. The Morgan fingerprint density at radius 2 is 1.61 bits per heavy atom. The summed E-state index contributed by atoms with van der Waals surface area (Å²) in [6, 6.07) is 0. The number of fused-ring (bicyclic) bond motifs is 1. The van der Waals surface area contributed by atoms with Crippen LogP contribution in [0.4, 0.5) is 0 Å². The van der Waals surface area contributed by atoms with E-state index in [1.165, 1.54) is 32.1 Å². The Morgan fingerprint density at radius 3 is 2.39 bits per heavy atom. The molecule has 0 aromatic rings. The minimum absolute atomic E-state index is 0. The molecular weight excluding hydrogens is 352 g/mol. The first-order chi connectivity index (χ1) is 12.8. The maximum Gasteiger partial charge on any atom is 0.306 e. The fourth-order valence-electron chi connectivity index (χ4n) is 9.06. The van der Waals surface area contributed by atoms with Crippen molar-refractivity contribution in [3.63, 3.8) is 0 Å². The molecule has 8 bridgehead atoms. The summed E-state index contributed by atoms with van der Waals surface area (Å²) in [5.74, 6) is 3.67. The van der Waals surface area contributed by atoms with Crippen LogP contribution in [-0.4, -0.2) is 28.8 Å². The van der Waals surface area contributed by atoms with Crippen molar-refractivity contribution < 1.29 is 20.1 Å². The summed E-state index contributed by atoms with van der Waals surface area (Å²) in [5, 5.41) is 11.3. The third-order valence-corrected chi connectivity index (χ3v) is 10.5. The lowest BCUT2D eigenvalue weighted by molar-refractivity contribution is -0.185. The van der Waals surface area contributed by atoms with E-state index in [0.29, 0.717) is 52.8 Å². The molecule has 9 rings (SSSR count). The second kappa shape index (κ2) is 6.97. The van der Waals surface area contributed by atoms with Crippen molar-refractivity contribution in [2.24, 2.45) is 46.3 Å². The first-order valence-electron chi connectivity index (χ1n) is 11.7. The first kappa shape index (κ1) is 20.7. The fraction of sp³-hybridized carbons (Fsp3) is 0.958. The zero-order valence-electron chi connectivity index (χ0n) is 18.0. The highest BCUT2D eigenvalue weighted by Crippen LogP contribution is 2.68. The van der Waals surface area contributed by atoms with Crippen LogP contribution >= 0.6 is 0 Å². The number of ether oxygens (including phenoxy) is 1. The van der Waals surface area contributed by atoms with Gasteiger partial charge in [0.05, 0.1) is 6.10 Å². The van der Waals surface area contributed by atoms with E-state index in [9.17, 15) is 9.90 Å². The molecule has 0 aromatic heterocycles. The van der Waals surface area contributed by atoms with Crippen molar-refractivity contribution in [2.45, 2.75) is 97.2 Å². The van der Waals surface area contributed by atoms with Crippen LogP contribution in [0.5, 0.6) is 0 Å². The van der Waals surface area contributed by atoms with Gasteiger partial charge in [0.2, 0.25) is 0 Å². The van der Waals surface area contributed by atoms with Crippen molar-refractivity contribution in [1.29, 1.82) is 0 Å². The van der Waals surface area contributed by atoms with Gasteiger partial charge in [0.15, 0.2) is 0 Å². The second-order valence-electron chi connectivity index (χ2n) is 11.4. The van der Waals surface area contributed by atoms with Crippen LogP contribution in [-0.2, 0) is 9.53 Å². The minimum atomic E-state index is -0.149. The zero-order valence-corrected chi connectivity index (χ0v) is 18.0. The van der Waals surface area contributed by atoms with E-state index in [2.05, 4.69) is 20.8 Å². The van der Waals surface area contributed by atoms with E-state index in [-0.39, 0.29) is 23.7 Å². The van der Waals surface area contributed by atoms with Crippen LogP contribution in [0.25, 0.3) is 0 Å². The Hall–Kier alpha value is -0.610. The second-order valence-corrected chi connectivity index (χ2v) is 11.4. The lowest BCUT2D eigenvalue weighted by Gasteiger charge is -2.62. The first-order valence-corrected chi connectivity index (χ1v) is 11.7. The molecule has 3 N–H and O–H groups in total. The quantitative estimate of drug-likeness (QED) is 0.630. The van der Waals surface area contributed by atoms with Gasteiger partial charge in [-0.25, -0.2) is 0 Å². The van der Waals surface area contributed by atoms with Gasteiger partial charge >= 0.3 is 5.97 Å². The van der Waals surface area contributed by atoms with Crippen LogP contribution in [0.1, 0.15) is 85.0 Å². The molecule has 5 aliphatic heterocycles. The molecule has 10 atom stereocenters. The third-order valence-electron chi connectivity index (χ3n) is 10.5.